The fourth-order valence-electron chi connectivity index (χ4n) is 4.79. The van der Waals surface area contributed by atoms with Gasteiger partial charge >= 0.3 is 0 Å². The Morgan fingerprint density at radius 3 is 2.64 bits per heavy atom. The number of carbonyl (C=O) groups is 1. The average molecular weight is 535 g/mol. The summed E-state index contributed by atoms with van der Waals surface area (Å²) in [5.41, 5.74) is 3.11. The maximum Gasteiger partial charge on any atom is 0.247 e. The van der Waals surface area contributed by atoms with E-state index in [0.29, 0.717) is 36.2 Å². The monoisotopic (exact) mass is 534 g/mol. The Morgan fingerprint density at radius 2 is 1.92 bits per heavy atom. The normalized spacial score (nSPS) is 19.2. The van der Waals surface area contributed by atoms with Crippen molar-refractivity contribution in [2.24, 2.45) is 0 Å². The zero-order chi connectivity index (χ0) is 27.0. The lowest BCUT2D eigenvalue weighted by atomic mass is 10.1. The topological polar surface area (TPSA) is 133 Å². The number of benzene rings is 2. The van der Waals surface area contributed by atoms with Gasteiger partial charge < -0.3 is 35.0 Å². The third-order valence-corrected chi connectivity index (χ3v) is 6.75. The molecule has 0 spiro atoms. The summed E-state index contributed by atoms with van der Waals surface area (Å²) in [7, 11) is 1.55. The highest BCUT2D eigenvalue weighted by Crippen LogP contribution is 2.35. The van der Waals surface area contributed by atoms with E-state index in [-0.39, 0.29) is 19.1 Å². The second-order valence-corrected chi connectivity index (χ2v) is 9.44. The summed E-state index contributed by atoms with van der Waals surface area (Å²) in [6, 6.07) is 11.2. The van der Waals surface area contributed by atoms with Crippen LogP contribution in [0.5, 0.6) is 11.5 Å². The van der Waals surface area contributed by atoms with Gasteiger partial charge in [0.25, 0.3) is 0 Å². The van der Waals surface area contributed by atoms with Crippen molar-refractivity contribution in [1.82, 2.24) is 14.8 Å². The van der Waals surface area contributed by atoms with Crippen molar-refractivity contribution in [3.8, 4) is 22.9 Å². The number of nitrogens with one attached hydrogen (secondary N) is 3. The van der Waals surface area contributed by atoms with Crippen LogP contribution in [-0.2, 0) is 14.3 Å². The number of hydrogen-bond donors (Lipinski definition) is 3. The summed E-state index contributed by atoms with van der Waals surface area (Å²) >= 11 is 0. The van der Waals surface area contributed by atoms with Gasteiger partial charge in [0.05, 0.1) is 7.11 Å². The maximum atomic E-state index is 10.8. The molecule has 11 heteroatoms. The fourth-order valence-corrected chi connectivity index (χ4v) is 4.79. The minimum atomic E-state index is -0.243. The standard InChI is InChI=1S/C28H34N6O5/c1-36-24-17-19(8-11-23(24)37-15-12-35)27-32-28(33-34(27)26-7-3-5-14-39-26)30-21-9-10-22(20(16-21)18-29)31-25-6-2-4-13-38-25/h8-12,16-18,25-26,29,31H,2-7,13-15H2,1H3,(H,30,33). The number of ether oxygens (including phenoxy) is 4. The van der Waals surface area contributed by atoms with E-state index in [1.54, 1.807) is 17.9 Å². The molecule has 2 aliphatic heterocycles. The smallest absolute Gasteiger partial charge is 0.247 e. The van der Waals surface area contributed by atoms with E-state index in [2.05, 4.69) is 10.6 Å². The highest BCUT2D eigenvalue weighted by molar-refractivity contribution is 5.88. The number of rotatable bonds is 11. The zero-order valence-corrected chi connectivity index (χ0v) is 22.0. The number of nitrogens with zero attached hydrogens (tertiary/aromatic N) is 3. The largest absolute Gasteiger partial charge is 0.493 e. The van der Waals surface area contributed by atoms with Crippen LogP contribution in [0, 0.1) is 5.41 Å². The van der Waals surface area contributed by atoms with Crippen molar-refractivity contribution in [3.63, 3.8) is 0 Å². The van der Waals surface area contributed by atoms with Crippen LogP contribution in [0.1, 0.15) is 50.3 Å². The first-order valence-corrected chi connectivity index (χ1v) is 13.3. The molecule has 2 aromatic carbocycles. The van der Waals surface area contributed by atoms with E-state index in [0.717, 1.165) is 67.6 Å². The Balaban J connectivity index is 1.42. The number of hydrogen-bond acceptors (Lipinski definition) is 10. The maximum absolute atomic E-state index is 10.8. The first-order chi connectivity index (χ1) is 19.2. The van der Waals surface area contributed by atoms with Crippen molar-refractivity contribution in [2.45, 2.75) is 51.0 Å². The lowest BCUT2D eigenvalue weighted by molar-refractivity contribution is -0.109. The zero-order valence-electron chi connectivity index (χ0n) is 22.0. The highest BCUT2D eigenvalue weighted by atomic mass is 16.5. The molecule has 0 saturated carbocycles. The van der Waals surface area contributed by atoms with Crippen molar-refractivity contribution in [1.29, 1.82) is 5.41 Å². The summed E-state index contributed by atoms with van der Waals surface area (Å²) in [5.74, 6) is 1.98. The highest BCUT2D eigenvalue weighted by Gasteiger charge is 2.24. The quantitative estimate of drug-likeness (QED) is 0.232. The van der Waals surface area contributed by atoms with Crippen LogP contribution in [0.2, 0.25) is 0 Å². The fraction of sp³-hybridized carbons (Fsp3) is 0.429. The number of aromatic nitrogens is 3. The first kappa shape index (κ1) is 26.6. The number of methoxy groups -OCH3 is 1. The van der Waals surface area contributed by atoms with Crippen LogP contribution in [0.3, 0.4) is 0 Å². The minimum absolute atomic E-state index is 0.0427. The molecule has 5 rings (SSSR count). The molecule has 1 aromatic heterocycles. The molecule has 0 bridgehead atoms. The molecular formula is C28H34N6O5. The van der Waals surface area contributed by atoms with Gasteiger partial charge in [-0.2, -0.15) is 4.98 Å². The first-order valence-electron chi connectivity index (χ1n) is 13.3. The van der Waals surface area contributed by atoms with Crippen LogP contribution in [0.4, 0.5) is 17.3 Å². The van der Waals surface area contributed by atoms with E-state index < -0.39 is 0 Å². The van der Waals surface area contributed by atoms with Gasteiger partial charge in [-0.3, -0.25) is 4.79 Å². The predicted molar refractivity (Wildman–Crippen MR) is 147 cm³/mol. The Hall–Kier alpha value is -3.96. The molecule has 2 unspecified atom stereocenters. The van der Waals surface area contributed by atoms with Gasteiger partial charge in [-0.05, 0) is 74.9 Å². The van der Waals surface area contributed by atoms with E-state index in [4.69, 9.17) is 34.4 Å². The van der Waals surface area contributed by atoms with Gasteiger partial charge in [0.2, 0.25) is 5.95 Å². The Morgan fingerprint density at radius 1 is 1.08 bits per heavy atom. The Bertz CT molecular complexity index is 1280. The summed E-state index contributed by atoms with van der Waals surface area (Å²) in [5, 5.41) is 19.4. The molecule has 2 fully saturated rings. The summed E-state index contributed by atoms with van der Waals surface area (Å²) in [6.07, 6.45) is 7.76. The lowest BCUT2D eigenvalue weighted by Gasteiger charge is -2.25. The van der Waals surface area contributed by atoms with Gasteiger partial charge in [0.1, 0.15) is 12.8 Å². The molecule has 0 amide bonds. The molecule has 0 radical (unpaired) electrons. The van der Waals surface area contributed by atoms with Gasteiger partial charge in [0.15, 0.2) is 29.8 Å². The van der Waals surface area contributed by atoms with Crippen LogP contribution in [-0.4, -0.2) is 60.4 Å². The molecule has 39 heavy (non-hydrogen) atoms. The number of aldehydes is 1. The van der Waals surface area contributed by atoms with Crippen LogP contribution < -0.4 is 20.1 Å². The van der Waals surface area contributed by atoms with Crippen LogP contribution in [0.15, 0.2) is 36.4 Å². The van der Waals surface area contributed by atoms with E-state index in [1.165, 1.54) is 6.21 Å². The van der Waals surface area contributed by atoms with E-state index in [9.17, 15) is 4.79 Å². The van der Waals surface area contributed by atoms with Gasteiger partial charge in [-0.15, -0.1) is 5.10 Å². The Labute approximate surface area is 227 Å². The second-order valence-electron chi connectivity index (χ2n) is 9.44. The SMILES string of the molecule is COc1cc(-c2nc(Nc3ccc(NC4CCCCO4)c(C=N)c3)nn2C2CCCCO2)ccc1OCC=O. The van der Waals surface area contributed by atoms with Crippen molar-refractivity contribution < 1.29 is 23.7 Å². The van der Waals surface area contributed by atoms with Gasteiger partial charge in [0, 0.05) is 41.9 Å². The molecule has 206 valence electrons. The van der Waals surface area contributed by atoms with E-state index in [1.807, 2.05) is 30.3 Å². The molecule has 2 aliphatic rings. The molecule has 2 saturated heterocycles. The third kappa shape index (κ3) is 6.37. The number of anilines is 3. The van der Waals surface area contributed by atoms with Crippen LogP contribution in [0.25, 0.3) is 11.4 Å². The van der Waals surface area contributed by atoms with Crippen LogP contribution >= 0.6 is 0 Å². The molecule has 2 atom stereocenters. The molecule has 0 aliphatic carbocycles. The summed E-state index contributed by atoms with van der Waals surface area (Å²) < 4.78 is 24.6. The third-order valence-electron chi connectivity index (χ3n) is 6.75. The number of carbonyl (C=O) groups excluding carboxylic acids is 1. The predicted octanol–water partition coefficient (Wildman–Crippen LogP) is 4.91. The minimum Gasteiger partial charge on any atom is -0.493 e. The van der Waals surface area contributed by atoms with E-state index >= 15 is 0 Å². The van der Waals surface area contributed by atoms with Crippen molar-refractivity contribution in [3.05, 3.63) is 42.0 Å². The molecule has 3 N–H and O–H groups in total. The molecule has 3 heterocycles. The van der Waals surface area contributed by atoms with Gasteiger partial charge in [-0.25, -0.2) is 4.68 Å². The van der Waals surface area contributed by atoms with Gasteiger partial charge in [-0.1, -0.05) is 0 Å². The lowest BCUT2D eigenvalue weighted by Crippen LogP contribution is -2.27. The second kappa shape index (κ2) is 12.7. The summed E-state index contributed by atoms with van der Waals surface area (Å²) in [4.78, 5) is 15.6. The molecule has 11 nitrogen and oxygen atoms in total. The Kier molecular flexibility index (Phi) is 8.69. The molecular weight excluding hydrogens is 500 g/mol. The molecule has 3 aromatic rings. The average Bonchev–Trinajstić information content (AvgIpc) is 3.41. The van der Waals surface area contributed by atoms with Crippen molar-refractivity contribution in [2.75, 3.05) is 37.6 Å². The summed E-state index contributed by atoms with van der Waals surface area (Å²) in [6.45, 7) is 1.35. The van der Waals surface area contributed by atoms with Crippen molar-refractivity contribution >= 4 is 29.8 Å².